The van der Waals surface area contributed by atoms with Crippen LogP contribution in [0.15, 0.2) is 0 Å². The number of nitrogens with zero attached hydrogens (tertiary/aromatic N) is 1. The Balaban J connectivity index is 2.80. The van der Waals surface area contributed by atoms with Gasteiger partial charge in [-0.1, -0.05) is 0 Å². The van der Waals surface area contributed by atoms with E-state index < -0.39 is 70.5 Å². The average molecular weight is 467 g/mol. The Morgan fingerprint density at radius 3 is 1.18 bits per heavy atom. The highest BCUT2D eigenvalue weighted by molar-refractivity contribution is 5.81. The lowest BCUT2D eigenvalue weighted by Crippen LogP contribution is -2.76. The monoisotopic (exact) mass is 466 g/mol. The van der Waals surface area contributed by atoms with Gasteiger partial charge in [0.2, 0.25) is 0 Å². The molecule has 9 nitrogen and oxygen atoms in total. The molecular formula is C24H40N3O6-3. The molecule has 0 spiro atoms. The van der Waals surface area contributed by atoms with Crippen LogP contribution in [0.2, 0.25) is 0 Å². The van der Waals surface area contributed by atoms with Gasteiger partial charge in [-0.05, 0) is 92.9 Å². The zero-order chi connectivity index (χ0) is 25.6. The van der Waals surface area contributed by atoms with Gasteiger partial charge in [0.15, 0.2) is 0 Å². The van der Waals surface area contributed by atoms with Gasteiger partial charge >= 0.3 is 0 Å². The van der Waals surface area contributed by atoms with Crippen molar-refractivity contribution in [1.29, 1.82) is 0 Å². The molecule has 2 fully saturated rings. The summed E-state index contributed by atoms with van der Waals surface area (Å²) < 4.78 is 0. The molecule has 0 unspecified atom stereocenters. The van der Waals surface area contributed by atoms with E-state index >= 15 is 0 Å². The maximum absolute atomic E-state index is 13.2. The van der Waals surface area contributed by atoms with Crippen LogP contribution in [0.4, 0.5) is 0 Å². The van der Waals surface area contributed by atoms with E-state index in [2.05, 4.69) is 10.6 Å². The molecule has 0 atom stereocenters. The highest BCUT2D eigenvalue weighted by atomic mass is 16.4. The van der Waals surface area contributed by atoms with Gasteiger partial charge in [0.05, 0.1) is 23.4 Å². The SMILES string of the molecule is CC1(C)CC(C(C(=O)[O-])(C2CC(C)(C)NC(C)(C)C2)N(CC(=O)[O-])CC(=O)[O-])CC(C)(C)N1. The third-order valence-corrected chi connectivity index (χ3v) is 7.12. The first-order chi connectivity index (χ1) is 14.7. The van der Waals surface area contributed by atoms with Crippen LogP contribution in [-0.4, -0.2) is 63.6 Å². The molecule has 0 aliphatic carbocycles. The van der Waals surface area contributed by atoms with Crippen molar-refractivity contribution >= 4 is 17.9 Å². The predicted molar refractivity (Wildman–Crippen MR) is 117 cm³/mol. The molecule has 2 rings (SSSR count). The number of hydrogen-bond acceptors (Lipinski definition) is 9. The number of carbonyl (C=O) groups is 3. The van der Waals surface area contributed by atoms with Gasteiger partial charge in [-0.3, -0.25) is 4.90 Å². The molecule has 2 heterocycles. The van der Waals surface area contributed by atoms with Crippen LogP contribution in [0.5, 0.6) is 0 Å². The second kappa shape index (κ2) is 8.82. The summed E-state index contributed by atoms with van der Waals surface area (Å²) in [4.78, 5) is 37.7. The zero-order valence-corrected chi connectivity index (χ0v) is 21.3. The molecule has 0 radical (unpaired) electrons. The van der Waals surface area contributed by atoms with Crippen molar-refractivity contribution in [1.82, 2.24) is 15.5 Å². The second-order valence-electron chi connectivity index (χ2n) is 12.7. The van der Waals surface area contributed by atoms with Crippen molar-refractivity contribution in [3.8, 4) is 0 Å². The molecule has 2 aliphatic rings. The lowest BCUT2D eigenvalue weighted by Gasteiger charge is -2.62. The molecule has 2 N–H and O–H groups in total. The summed E-state index contributed by atoms with van der Waals surface area (Å²) >= 11 is 0. The van der Waals surface area contributed by atoms with E-state index in [1.54, 1.807) is 0 Å². The van der Waals surface area contributed by atoms with Gasteiger partial charge < -0.3 is 40.3 Å². The fraction of sp³-hybridized carbons (Fsp3) is 0.875. The number of nitrogens with one attached hydrogen (secondary N) is 2. The first-order valence-corrected chi connectivity index (χ1v) is 11.7. The van der Waals surface area contributed by atoms with E-state index in [1.165, 1.54) is 0 Å². The zero-order valence-electron chi connectivity index (χ0n) is 21.3. The third-order valence-electron chi connectivity index (χ3n) is 7.12. The number of carboxylic acid groups (broad SMARTS) is 3. The number of piperidine rings is 2. The molecule has 2 aliphatic heterocycles. The Labute approximate surface area is 197 Å². The summed E-state index contributed by atoms with van der Waals surface area (Å²) in [5.74, 6) is -5.66. The molecule has 33 heavy (non-hydrogen) atoms. The highest BCUT2D eigenvalue weighted by Gasteiger charge is 2.58. The minimum absolute atomic E-state index is 0.409. The summed E-state index contributed by atoms with van der Waals surface area (Å²) in [7, 11) is 0. The Bertz CT molecular complexity index is 703. The Morgan fingerprint density at radius 1 is 0.697 bits per heavy atom. The molecule has 0 saturated carbocycles. The number of hydrogen-bond donors (Lipinski definition) is 2. The summed E-state index contributed by atoms with van der Waals surface area (Å²) in [5.41, 5.74) is -3.67. The number of carboxylic acids is 3. The largest absolute Gasteiger partial charge is 0.549 e. The van der Waals surface area contributed by atoms with Crippen molar-refractivity contribution in [2.45, 2.75) is 109 Å². The lowest BCUT2D eigenvalue weighted by atomic mass is 9.57. The Morgan fingerprint density at radius 2 is 0.970 bits per heavy atom. The first-order valence-electron chi connectivity index (χ1n) is 11.7. The van der Waals surface area contributed by atoms with Crippen LogP contribution in [0.25, 0.3) is 0 Å². The van der Waals surface area contributed by atoms with Gasteiger partial charge in [-0.25, -0.2) is 0 Å². The van der Waals surface area contributed by atoms with Gasteiger partial charge in [-0.15, -0.1) is 0 Å². The smallest absolute Gasteiger partial charge is 0.0672 e. The summed E-state index contributed by atoms with van der Waals surface area (Å²) in [6.45, 7) is 14.1. The van der Waals surface area contributed by atoms with Crippen molar-refractivity contribution in [2.24, 2.45) is 11.8 Å². The average Bonchev–Trinajstić information content (AvgIpc) is 2.47. The normalized spacial score (nSPS) is 25.0. The third kappa shape index (κ3) is 6.25. The van der Waals surface area contributed by atoms with E-state index in [0.29, 0.717) is 25.7 Å². The molecule has 0 aromatic rings. The van der Waals surface area contributed by atoms with Gasteiger partial charge in [0.1, 0.15) is 0 Å². The molecule has 190 valence electrons. The van der Waals surface area contributed by atoms with Crippen LogP contribution in [0, 0.1) is 11.8 Å². The first kappa shape index (κ1) is 27.5. The van der Waals surface area contributed by atoms with Crippen molar-refractivity contribution in [3.63, 3.8) is 0 Å². The van der Waals surface area contributed by atoms with E-state index in [-0.39, 0.29) is 0 Å². The second-order valence-corrected chi connectivity index (χ2v) is 12.7. The Kier molecular flexibility index (Phi) is 7.36. The fourth-order valence-electron chi connectivity index (χ4n) is 7.21. The van der Waals surface area contributed by atoms with Gasteiger partial charge in [0.25, 0.3) is 0 Å². The number of rotatable bonds is 8. The molecule has 2 saturated heterocycles. The molecule has 0 aromatic carbocycles. The van der Waals surface area contributed by atoms with E-state index in [9.17, 15) is 29.7 Å². The van der Waals surface area contributed by atoms with Gasteiger partial charge in [-0.2, -0.15) is 0 Å². The fourth-order valence-corrected chi connectivity index (χ4v) is 7.21. The van der Waals surface area contributed by atoms with E-state index in [1.807, 2.05) is 55.4 Å². The minimum Gasteiger partial charge on any atom is -0.549 e. The summed E-state index contributed by atoms with van der Waals surface area (Å²) in [6, 6.07) is 0. The van der Waals surface area contributed by atoms with E-state index in [4.69, 9.17) is 0 Å². The molecular weight excluding hydrogens is 426 g/mol. The maximum atomic E-state index is 13.2. The van der Waals surface area contributed by atoms with E-state index in [0.717, 1.165) is 4.90 Å². The summed E-state index contributed by atoms with van der Waals surface area (Å²) in [5, 5.41) is 43.8. The van der Waals surface area contributed by atoms with Crippen molar-refractivity contribution < 1.29 is 29.7 Å². The molecule has 0 amide bonds. The lowest BCUT2D eigenvalue weighted by molar-refractivity contribution is -0.333. The topological polar surface area (TPSA) is 148 Å². The standard InChI is InChI=1S/C24H43N3O6/c1-20(2)9-15(10-21(3,4)25-20)24(19(32)33,27(13-17(28)29)14-18(30)31)16-11-22(5,6)26-23(7,8)12-16/h15-16,25-26H,9-14H2,1-8H3,(H,28,29)(H,30,31)(H,32,33)/p-3. The van der Waals surface area contributed by atoms with Crippen molar-refractivity contribution in [2.75, 3.05) is 13.1 Å². The number of carbonyl (C=O) groups excluding carboxylic acids is 3. The minimum atomic E-state index is -1.84. The van der Waals surface area contributed by atoms with Crippen LogP contribution in [-0.2, 0) is 14.4 Å². The molecule has 0 aromatic heterocycles. The maximum Gasteiger partial charge on any atom is 0.0672 e. The van der Waals surface area contributed by atoms with Crippen LogP contribution in [0.1, 0.15) is 81.1 Å². The van der Waals surface area contributed by atoms with Crippen LogP contribution < -0.4 is 26.0 Å². The van der Waals surface area contributed by atoms with Crippen LogP contribution in [0.3, 0.4) is 0 Å². The van der Waals surface area contributed by atoms with Gasteiger partial charge in [0, 0.05) is 35.2 Å². The number of aliphatic carboxylic acids is 3. The highest BCUT2D eigenvalue weighted by Crippen LogP contribution is 2.50. The Hall–Kier alpha value is -1.71. The van der Waals surface area contributed by atoms with Crippen LogP contribution >= 0.6 is 0 Å². The van der Waals surface area contributed by atoms with Crippen molar-refractivity contribution in [3.05, 3.63) is 0 Å². The molecule has 9 heteroatoms. The summed E-state index contributed by atoms with van der Waals surface area (Å²) in [6.07, 6.45) is 1.63. The quantitative estimate of drug-likeness (QED) is 0.431. The molecule has 0 bridgehead atoms. The predicted octanol–water partition coefficient (Wildman–Crippen LogP) is -1.61.